The van der Waals surface area contributed by atoms with Crippen molar-refractivity contribution in [3.8, 4) is 17.0 Å². The normalized spacial score (nSPS) is 10.9. The first-order valence-corrected chi connectivity index (χ1v) is 10.3. The molecule has 1 aromatic heterocycles. The molecule has 0 fully saturated rings. The largest absolute Gasteiger partial charge is 0.492 e. The van der Waals surface area contributed by atoms with Crippen LogP contribution < -0.4 is 10.1 Å². The molecule has 0 saturated carbocycles. The molecule has 0 aliphatic carbocycles. The van der Waals surface area contributed by atoms with Crippen molar-refractivity contribution < 1.29 is 4.74 Å². The summed E-state index contributed by atoms with van der Waals surface area (Å²) in [5.74, 6) is 1.38. The fourth-order valence-electron chi connectivity index (χ4n) is 3.02. The second-order valence-corrected chi connectivity index (χ2v) is 7.19. The third-order valence-electron chi connectivity index (χ3n) is 4.66. The van der Waals surface area contributed by atoms with E-state index in [1.54, 1.807) is 0 Å². The highest BCUT2D eigenvalue weighted by Crippen LogP contribution is 2.24. The van der Waals surface area contributed by atoms with Gasteiger partial charge < -0.3 is 15.0 Å². The van der Waals surface area contributed by atoms with E-state index in [0.29, 0.717) is 17.6 Å². The monoisotopic (exact) mass is 410 g/mol. The zero-order valence-electron chi connectivity index (χ0n) is 17.2. The molecule has 2 aromatic carbocycles. The lowest BCUT2D eigenvalue weighted by molar-refractivity contribution is 0.223. The molecule has 0 bridgehead atoms. The number of nitrogens with zero attached hydrogens (tertiary/aromatic N) is 3. The Hall–Kier alpha value is -2.63. The molecule has 0 unspecified atom stereocenters. The van der Waals surface area contributed by atoms with E-state index in [9.17, 15) is 0 Å². The Morgan fingerprint density at radius 1 is 1.00 bits per heavy atom. The Morgan fingerprint density at radius 3 is 2.48 bits per heavy atom. The quantitative estimate of drug-likeness (QED) is 0.499. The molecule has 1 heterocycles. The maximum absolute atomic E-state index is 5.99. The molecule has 0 atom stereocenters. The molecule has 5 nitrogen and oxygen atoms in total. The number of rotatable bonds is 9. The zero-order valence-corrected chi connectivity index (χ0v) is 17.9. The number of aryl methyl sites for hydroxylation is 1. The maximum atomic E-state index is 5.99. The first kappa shape index (κ1) is 21.1. The number of aromatic nitrogens is 2. The van der Waals surface area contributed by atoms with Crippen molar-refractivity contribution in [1.29, 1.82) is 0 Å². The molecule has 152 valence electrons. The van der Waals surface area contributed by atoms with Crippen LogP contribution in [0.4, 0.5) is 11.6 Å². The van der Waals surface area contributed by atoms with Gasteiger partial charge in [-0.2, -0.15) is 0 Å². The first-order chi connectivity index (χ1) is 14.1. The summed E-state index contributed by atoms with van der Waals surface area (Å²) in [4.78, 5) is 11.5. The van der Waals surface area contributed by atoms with Crippen LogP contribution in [0.1, 0.15) is 19.5 Å². The van der Waals surface area contributed by atoms with E-state index in [1.807, 2.05) is 61.5 Å². The van der Waals surface area contributed by atoms with Crippen LogP contribution in [0.2, 0.25) is 5.02 Å². The number of ether oxygens (including phenoxy) is 1. The number of halogens is 1. The SMILES string of the molecule is CCN(CC)CCOc1cccc(Nc2nc(C)cc(-c3ccc(Cl)cc3)n2)c1. The summed E-state index contributed by atoms with van der Waals surface area (Å²) >= 11 is 5.99. The third kappa shape index (κ3) is 6.17. The molecule has 29 heavy (non-hydrogen) atoms. The van der Waals surface area contributed by atoms with Gasteiger partial charge in [0.15, 0.2) is 0 Å². The van der Waals surface area contributed by atoms with Crippen LogP contribution >= 0.6 is 11.6 Å². The predicted octanol–water partition coefficient (Wildman–Crippen LogP) is 5.57. The van der Waals surface area contributed by atoms with Crippen LogP contribution in [0.5, 0.6) is 5.75 Å². The fourth-order valence-corrected chi connectivity index (χ4v) is 3.14. The molecular formula is C23H27ClN4O. The van der Waals surface area contributed by atoms with Crippen molar-refractivity contribution in [2.45, 2.75) is 20.8 Å². The van der Waals surface area contributed by atoms with Crippen LogP contribution in [-0.2, 0) is 0 Å². The standard InChI is InChI=1S/C23H27ClN4O/c1-4-28(5-2)13-14-29-21-8-6-7-20(16-21)26-23-25-17(3)15-22(27-23)18-9-11-19(24)12-10-18/h6-12,15-16H,4-5,13-14H2,1-3H3,(H,25,26,27). The Morgan fingerprint density at radius 2 is 1.76 bits per heavy atom. The van der Waals surface area contributed by atoms with E-state index in [1.165, 1.54) is 0 Å². The lowest BCUT2D eigenvalue weighted by Gasteiger charge is -2.18. The zero-order chi connectivity index (χ0) is 20.6. The van der Waals surface area contributed by atoms with E-state index in [2.05, 4.69) is 34.0 Å². The van der Waals surface area contributed by atoms with Crippen LogP contribution in [0.15, 0.2) is 54.6 Å². The molecule has 1 N–H and O–H groups in total. The van der Waals surface area contributed by atoms with Crippen molar-refractivity contribution in [2.75, 3.05) is 31.6 Å². The molecule has 0 aliphatic heterocycles. The number of hydrogen-bond donors (Lipinski definition) is 1. The van der Waals surface area contributed by atoms with Crippen LogP contribution in [0.3, 0.4) is 0 Å². The molecular weight excluding hydrogens is 384 g/mol. The van der Waals surface area contributed by atoms with Gasteiger partial charge in [-0.15, -0.1) is 0 Å². The summed E-state index contributed by atoms with van der Waals surface area (Å²) in [5, 5.41) is 3.99. The molecule has 0 radical (unpaired) electrons. The summed E-state index contributed by atoms with van der Waals surface area (Å²) < 4.78 is 5.91. The minimum absolute atomic E-state index is 0.551. The van der Waals surface area contributed by atoms with Gasteiger partial charge in [0.1, 0.15) is 12.4 Å². The van der Waals surface area contributed by atoms with Gasteiger partial charge >= 0.3 is 0 Å². The summed E-state index contributed by atoms with van der Waals surface area (Å²) in [5.41, 5.74) is 3.62. The van der Waals surface area contributed by atoms with E-state index >= 15 is 0 Å². The molecule has 3 rings (SSSR count). The third-order valence-corrected chi connectivity index (χ3v) is 4.91. The second-order valence-electron chi connectivity index (χ2n) is 6.75. The summed E-state index contributed by atoms with van der Waals surface area (Å²) in [6.45, 7) is 9.91. The fraction of sp³-hybridized carbons (Fsp3) is 0.304. The van der Waals surface area contributed by atoms with Gasteiger partial charge in [0, 0.05) is 34.6 Å². The van der Waals surface area contributed by atoms with Crippen molar-refractivity contribution in [2.24, 2.45) is 0 Å². The smallest absolute Gasteiger partial charge is 0.227 e. The Balaban J connectivity index is 1.70. The summed E-state index contributed by atoms with van der Waals surface area (Å²) in [6, 6.07) is 17.5. The second kappa shape index (κ2) is 10.2. The lowest BCUT2D eigenvalue weighted by atomic mass is 10.1. The number of likely N-dealkylation sites (N-methyl/N-ethyl adjacent to an activating group) is 1. The van der Waals surface area contributed by atoms with E-state index < -0.39 is 0 Å². The molecule has 0 saturated heterocycles. The minimum atomic E-state index is 0.551. The number of hydrogen-bond acceptors (Lipinski definition) is 5. The van der Waals surface area contributed by atoms with Gasteiger partial charge in [0.2, 0.25) is 5.95 Å². The van der Waals surface area contributed by atoms with Gasteiger partial charge in [-0.05, 0) is 50.3 Å². The van der Waals surface area contributed by atoms with Gasteiger partial charge in [0.05, 0.1) is 5.69 Å². The molecule has 3 aromatic rings. The highest BCUT2D eigenvalue weighted by Gasteiger charge is 2.07. The number of nitrogens with one attached hydrogen (secondary N) is 1. The Kier molecular flexibility index (Phi) is 7.44. The van der Waals surface area contributed by atoms with E-state index in [0.717, 1.165) is 48.0 Å². The van der Waals surface area contributed by atoms with Gasteiger partial charge in [-0.1, -0.05) is 43.6 Å². The molecule has 0 aliphatic rings. The van der Waals surface area contributed by atoms with Crippen molar-refractivity contribution in [1.82, 2.24) is 14.9 Å². The predicted molar refractivity (Wildman–Crippen MR) is 120 cm³/mol. The minimum Gasteiger partial charge on any atom is -0.492 e. The number of benzene rings is 2. The molecule has 6 heteroatoms. The highest BCUT2D eigenvalue weighted by atomic mass is 35.5. The van der Waals surface area contributed by atoms with E-state index in [4.69, 9.17) is 16.3 Å². The molecule has 0 spiro atoms. The number of anilines is 2. The van der Waals surface area contributed by atoms with Gasteiger partial charge in [-0.25, -0.2) is 9.97 Å². The van der Waals surface area contributed by atoms with Crippen molar-refractivity contribution in [3.63, 3.8) is 0 Å². The van der Waals surface area contributed by atoms with Crippen LogP contribution in [0, 0.1) is 6.92 Å². The Bertz CT molecular complexity index is 926. The maximum Gasteiger partial charge on any atom is 0.227 e. The van der Waals surface area contributed by atoms with Crippen molar-refractivity contribution in [3.05, 3.63) is 65.3 Å². The summed E-state index contributed by atoms with van der Waals surface area (Å²) in [6.07, 6.45) is 0. The van der Waals surface area contributed by atoms with Gasteiger partial charge in [-0.3, -0.25) is 0 Å². The average molecular weight is 411 g/mol. The van der Waals surface area contributed by atoms with Crippen molar-refractivity contribution >= 4 is 23.2 Å². The highest BCUT2D eigenvalue weighted by molar-refractivity contribution is 6.30. The molecule has 0 amide bonds. The van der Waals surface area contributed by atoms with Crippen LogP contribution in [-0.4, -0.2) is 41.1 Å². The lowest BCUT2D eigenvalue weighted by Crippen LogP contribution is -2.27. The summed E-state index contributed by atoms with van der Waals surface area (Å²) in [7, 11) is 0. The Labute approximate surface area is 177 Å². The van der Waals surface area contributed by atoms with Gasteiger partial charge in [0.25, 0.3) is 0 Å². The van der Waals surface area contributed by atoms with E-state index in [-0.39, 0.29) is 0 Å². The topological polar surface area (TPSA) is 50.3 Å². The van der Waals surface area contributed by atoms with Crippen LogP contribution in [0.25, 0.3) is 11.3 Å². The average Bonchev–Trinajstić information content (AvgIpc) is 2.72. The first-order valence-electron chi connectivity index (χ1n) is 9.91.